The first-order valence-electron chi connectivity index (χ1n) is 6.80. The monoisotopic (exact) mass is 263 g/mol. The third-order valence-electron chi connectivity index (χ3n) is 3.70. The second kappa shape index (κ2) is 6.57. The van der Waals surface area contributed by atoms with Crippen LogP contribution in [0.4, 0.5) is 0 Å². The van der Waals surface area contributed by atoms with Crippen molar-refractivity contribution in [1.29, 1.82) is 0 Å². The van der Waals surface area contributed by atoms with Crippen LogP contribution in [0.1, 0.15) is 24.8 Å². The number of hydrogen-bond acceptors (Lipinski definition) is 3. The molecular formula is C15H21NO3. The molecule has 2 unspecified atom stereocenters. The largest absolute Gasteiger partial charge is 0.496 e. The minimum atomic E-state index is -0.466. The van der Waals surface area contributed by atoms with Gasteiger partial charge in [0.1, 0.15) is 5.75 Å². The van der Waals surface area contributed by atoms with Crippen LogP contribution in [0.5, 0.6) is 5.75 Å². The summed E-state index contributed by atoms with van der Waals surface area (Å²) in [6.07, 6.45) is 2.74. The molecule has 1 amide bonds. The van der Waals surface area contributed by atoms with Crippen LogP contribution in [0.25, 0.3) is 0 Å². The maximum atomic E-state index is 11.9. The smallest absolute Gasteiger partial charge is 0.225 e. The summed E-state index contributed by atoms with van der Waals surface area (Å²) in [4.78, 5) is 11.9. The summed E-state index contributed by atoms with van der Waals surface area (Å²) in [6, 6.07) is 7.80. The van der Waals surface area contributed by atoms with Gasteiger partial charge in [-0.2, -0.15) is 0 Å². The van der Waals surface area contributed by atoms with E-state index in [-0.39, 0.29) is 11.8 Å². The Morgan fingerprint density at radius 2 is 2.21 bits per heavy atom. The van der Waals surface area contributed by atoms with Gasteiger partial charge < -0.3 is 15.2 Å². The molecule has 4 heteroatoms. The van der Waals surface area contributed by atoms with Gasteiger partial charge in [0.05, 0.1) is 19.1 Å². The molecule has 1 saturated carbocycles. The van der Waals surface area contributed by atoms with E-state index in [1.54, 1.807) is 7.11 Å². The maximum Gasteiger partial charge on any atom is 0.225 e. The molecule has 1 aliphatic carbocycles. The quantitative estimate of drug-likeness (QED) is 0.846. The molecule has 0 heterocycles. The molecule has 19 heavy (non-hydrogen) atoms. The second-order valence-electron chi connectivity index (χ2n) is 4.96. The lowest BCUT2D eigenvalue weighted by molar-refractivity contribution is -0.127. The molecule has 0 spiro atoms. The fraction of sp³-hybridized carbons (Fsp3) is 0.533. The number of amides is 1. The Morgan fingerprint density at radius 3 is 2.89 bits per heavy atom. The number of para-hydroxylation sites is 1. The average molecular weight is 263 g/mol. The predicted molar refractivity (Wildman–Crippen MR) is 73.1 cm³/mol. The standard InChI is InChI=1S/C15H21NO3/c1-19-14-8-3-2-5-11(14)9-10-16-15(18)12-6-4-7-13(12)17/h2-3,5,8,12-13,17H,4,6-7,9-10H2,1H3,(H,16,18). The van der Waals surface area contributed by atoms with Crippen LogP contribution in [0.2, 0.25) is 0 Å². The van der Waals surface area contributed by atoms with E-state index in [0.717, 1.165) is 37.0 Å². The first kappa shape index (κ1) is 13.9. The van der Waals surface area contributed by atoms with Crippen molar-refractivity contribution in [2.45, 2.75) is 31.8 Å². The van der Waals surface area contributed by atoms with Gasteiger partial charge in [0.15, 0.2) is 0 Å². The van der Waals surface area contributed by atoms with Crippen LogP contribution < -0.4 is 10.1 Å². The molecular weight excluding hydrogens is 242 g/mol. The first-order valence-corrected chi connectivity index (χ1v) is 6.80. The predicted octanol–water partition coefficient (Wildman–Crippen LogP) is 1.51. The molecule has 1 fully saturated rings. The number of hydrogen-bond donors (Lipinski definition) is 2. The second-order valence-corrected chi connectivity index (χ2v) is 4.96. The van der Waals surface area contributed by atoms with Crippen LogP contribution in [-0.2, 0) is 11.2 Å². The zero-order valence-electron chi connectivity index (χ0n) is 11.3. The molecule has 4 nitrogen and oxygen atoms in total. The minimum Gasteiger partial charge on any atom is -0.496 e. The van der Waals surface area contributed by atoms with E-state index < -0.39 is 6.10 Å². The Morgan fingerprint density at radius 1 is 1.42 bits per heavy atom. The molecule has 0 aliphatic heterocycles. The number of ether oxygens (including phenoxy) is 1. The molecule has 1 aliphatic rings. The number of carbonyl (C=O) groups is 1. The van der Waals surface area contributed by atoms with Gasteiger partial charge >= 0.3 is 0 Å². The molecule has 2 rings (SSSR count). The van der Waals surface area contributed by atoms with Crippen LogP contribution in [0.15, 0.2) is 24.3 Å². The summed E-state index contributed by atoms with van der Waals surface area (Å²) in [5.41, 5.74) is 1.08. The Bertz CT molecular complexity index is 433. The Labute approximate surface area is 113 Å². The Hall–Kier alpha value is -1.55. The summed E-state index contributed by atoms with van der Waals surface area (Å²) in [5.74, 6) is 0.593. The lowest BCUT2D eigenvalue weighted by atomic mass is 10.1. The number of methoxy groups -OCH3 is 1. The Kier molecular flexibility index (Phi) is 4.80. The lowest BCUT2D eigenvalue weighted by Crippen LogP contribution is -2.35. The van der Waals surface area contributed by atoms with Gasteiger partial charge in [0.25, 0.3) is 0 Å². The third kappa shape index (κ3) is 3.47. The van der Waals surface area contributed by atoms with E-state index in [2.05, 4.69) is 5.32 Å². The lowest BCUT2D eigenvalue weighted by Gasteiger charge is -2.14. The van der Waals surface area contributed by atoms with Crippen LogP contribution >= 0.6 is 0 Å². The highest BCUT2D eigenvalue weighted by molar-refractivity contribution is 5.79. The van der Waals surface area contributed by atoms with Gasteiger partial charge in [-0.05, 0) is 37.3 Å². The summed E-state index contributed by atoms with van der Waals surface area (Å²) in [5, 5.41) is 12.6. The first-order chi connectivity index (χ1) is 9.22. The van der Waals surface area contributed by atoms with Crippen molar-refractivity contribution in [2.75, 3.05) is 13.7 Å². The van der Waals surface area contributed by atoms with Crippen LogP contribution in [0.3, 0.4) is 0 Å². The highest BCUT2D eigenvalue weighted by Crippen LogP contribution is 2.25. The molecule has 0 saturated heterocycles. The van der Waals surface area contributed by atoms with Crippen molar-refractivity contribution < 1.29 is 14.6 Å². The minimum absolute atomic E-state index is 0.0279. The van der Waals surface area contributed by atoms with E-state index in [1.807, 2.05) is 24.3 Å². The fourth-order valence-electron chi connectivity index (χ4n) is 2.61. The number of aliphatic hydroxyl groups excluding tert-OH is 1. The molecule has 0 bridgehead atoms. The summed E-state index contributed by atoms with van der Waals surface area (Å²) in [7, 11) is 1.65. The van der Waals surface area contributed by atoms with E-state index in [0.29, 0.717) is 6.54 Å². The van der Waals surface area contributed by atoms with Gasteiger partial charge in [-0.15, -0.1) is 0 Å². The van der Waals surface area contributed by atoms with Crippen molar-refractivity contribution >= 4 is 5.91 Å². The maximum absolute atomic E-state index is 11.9. The topological polar surface area (TPSA) is 58.6 Å². The van der Waals surface area contributed by atoms with E-state index in [4.69, 9.17) is 4.74 Å². The molecule has 2 atom stereocenters. The van der Waals surface area contributed by atoms with Gasteiger partial charge in [-0.3, -0.25) is 4.79 Å². The molecule has 1 aromatic rings. The van der Waals surface area contributed by atoms with Gasteiger partial charge in [0.2, 0.25) is 5.91 Å². The molecule has 2 N–H and O–H groups in total. The van der Waals surface area contributed by atoms with Crippen molar-refractivity contribution in [2.24, 2.45) is 5.92 Å². The van der Waals surface area contributed by atoms with Gasteiger partial charge in [0, 0.05) is 6.54 Å². The number of rotatable bonds is 5. The van der Waals surface area contributed by atoms with E-state index >= 15 is 0 Å². The SMILES string of the molecule is COc1ccccc1CCNC(=O)C1CCCC1O. The number of nitrogens with one attached hydrogen (secondary N) is 1. The Balaban J connectivity index is 1.81. The summed E-state index contributed by atoms with van der Waals surface area (Å²) < 4.78 is 5.27. The molecule has 0 radical (unpaired) electrons. The van der Waals surface area contributed by atoms with Crippen LogP contribution in [-0.4, -0.2) is 30.8 Å². The van der Waals surface area contributed by atoms with Gasteiger partial charge in [-0.25, -0.2) is 0 Å². The van der Waals surface area contributed by atoms with Crippen molar-refractivity contribution in [3.8, 4) is 5.75 Å². The van der Waals surface area contributed by atoms with Gasteiger partial charge in [-0.1, -0.05) is 18.2 Å². The molecule has 104 valence electrons. The van der Waals surface area contributed by atoms with Crippen molar-refractivity contribution in [1.82, 2.24) is 5.32 Å². The zero-order chi connectivity index (χ0) is 13.7. The van der Waals surface area contributed by atoms with Crippen LogP contribution in [0, 0.1) is 5.92 Å². The summed E-state index contributed by atoms with van der Waals surface area (Å²) in [6.45, 7) is 0.572. The fourth-order valence-corrected chi connectivity index (χ4v) is 2.61. The molecule has 1 aromatic carbocycles. The number of aliphatic hydroxyl groups is 1. The number of carbonyl (C=O) groups excluding carboxylic acids is 1. The summed E-state index contributed by atoms with van der Waals surface area (Å²) >= 11 is 0. The van der Waals surface area contributed by atoms with Crippen molar-refractivity contribution in [3.05, 3.63) is 29.8 Å². The average Bonchev–Trinajstić information content (AvgIpc) is 2.85. The normalized spacial score (nSPS) is 22.2. The number of benzene rings is 1. The van der Waals surface area contributed by atoms with E-state index in [1.165, 1.54) is 0 Å². The zero-order valence-corrected chi connectivity index (χ0v) is 11.3. The third-order valence-corrected chi connectivity index (χ3v) is 3.70. The highest BCUT2D eigenvalue weighted by atomic mass is 16.5. The highest BCUT2D eigenvalue weighted by Gasteiger charge is 2.30. The van der Waals surface area contributed by atoms with Crippen molar-refractivity contribution in [3.63, 3.8) is 0 Å². The molecule has 0 aromatic heterocycles. The van der Waals surface area contributed by atoms with E-state index in [9.17, 15) is 9.90 Å².